The fourth-order valence-electron chi connectivity index (χ4n) is 1.42. The molecule has 1 aliphatic carbocycles. The highest BCUT2D eigenvalue weighted by molar-refractivity contribution is 5.73. The molecule has 0 unspecified atom stereocenters. The number of hydrogen-bond acceptors (Lipinski definition) is 3. The van der Waals surface area contributed by atoms with Crippen LogP contribution >= 0.6 is 0 Å². The van der Waals surface area contributed by atoms with E-state index < -0.39 is 24.1 Å². The van der Waals surface area contributed by atoms with E-state index >= 15 is 0 Å². The molecule has 3 nitrogen and oxygen atoms in total. The Balaban J connectivity index is 2.60. The molecule has 0 aliphatic heterocycles. The van der Waals surface area contributed by atoms with Crippen molar-refractivity contribution >= 4 is 5.97 Å². The average Bonchev–Trinajstić information content (AvgIpc) is 2.95. The van der Waals surface area contributed by atoms with Gasteiger partial charge < -0.3 is 10.5 Å². The smallest absolute Gasteiger partial charge is 0.404 e. The van der Waals surface area contributed by atoms with Gasteiger partial charge in [-0.15, -0.1) is 0 Å². The SMILES string of the molecule is CCC[C@@H](C(=O)OC1CC1)[C@@H](N)C(F)(F)F. The third-order valence-corrected chi connectivity index (χ3v) is 2.52. The third-order valence-electron chi connectivity index (χ3n) is 2.52. The fraction of sp³-hybridized carbons (Fsp3) is 0.900. The minimum absolute atomic E-state index is 0.103. The zero-order chi connectivity index (χ0) is 12.3. The van der Waals surface area contributed by atoms with E-state index in [1.807, 2.05) is 0 Å². The molecular formula is C10H16F3NO2. The van der Waals surface area contributed by atoms with Gasteiger partial charge in [-0.2, -0.15) is 13.2 Å². The lowest BCUT2D eigenvalue weighted by Crippen LogP contribution is -2.47. The van der Waals surface area contributed by atoms with Crippen LogP contribution in [0.5, 0.6) is 0 Å². The molecule has 2 N–H and O–H groups in total. The number of rotatable bonds is 5. The Morgan fingerprint density at radius 3 is 2.44 bits per heavy atom. The van der Waals surface area contributed by atoms with E-state index in [2.05, 4.69) is 0 Å². The molecule has 0 amide bonds. The molecule has 6 heteroatoms. The van der Waals surface area contributed by atoms with Crippen LogP contribution in [0.3, 0.4) is 0 Å². The number of carbonyl (C=O) groups is 1. The summed E-state index contributed by atoms with van der Waals surface area (Å²) in [7, 11) is 0. The summed E-state index contributed by atoms with van der Waals surface area (Å²) in [6, 6.07) is -2.13. The zero-order valence-electron chi connectivity index (χ0n) is 9.09. The summed E-state index contributed by atoms with van der Waals surface area (Å²) in [5.41, 5.74) is 5.05. The van der Waals surface area contributed by atoms with Crippen molar-refractivity contribution in [2.24, 2.45) is 11.7 Å². The van der Waals surface area contributed by atoms with Crippen LogP contribution in [0.2, 0.25) is 0 Å². The largest absolute Gasteiger partial charge is 0.462 e. The number of ether oxygens (including phenoxy) is 1. The van der Waals surface area contributed by atoms with Crippen LogP contribution in [0.25, 0.3) is 0 Å². The van der Waals surface area contributed by atoms with E-state index in [0.29, 0.717) is 6.42 Å². The highest BCUT2D eigenvalue weighted by Gasteiger charge is 2.46. The first kappa shape index (κ1) is 13.3. The molecular weight excluding hydrogens is 223 g/mol. The van der Waals surface area contributed by atoms with E-state index in [1.165, 1.54) is 0 Å². The molecule has 0 aromatic heterocycles. The van der Waals surface area contributed by atoms with E-state index in [0.717, 1.165) is 12.8 Å². The Bertz CT molecular complexity index is 251. The van der Waals surface area contributed by atoms with E-state index in [-0.39, 0.29) is 12.5 Å². The normalized spacial score (nSPS) is 20.3. The van der Waals surface area contributed by atoms with E-state index in [1.54, 1.807) is 6.92 Å². The maximum absolute atomic E-state index is 12.4. The van der Waals surface area contributed by atoms with Gasteiger partial charge in [0, 0.05) is 0 Å². The van der Waals surface area contributed by atoms with Crippen LogP contribution in [0.4, 0.5) is 13.2 Å². The number of esters is 1. The molecule has 0 aromatic rings. The second-order valence-electron chi connectivity index (χ2n) is 4.10. The van der Waals surface area contributed by atoms with Gasteiger partial charge >= 0.3 is 12.1 Å². The second kappa shape index (κ2) is 5.03. The van der Waals surface area contributed by atoms with Gasteiger partial charge in [-0.1, -0.05) is 13.3 Å². The van der Waals surface area contributed by atoms with Crippen molar-refractivity contribution in [1.82, 2.24) is 0 Å². The number of alkyl halides is 3. The van der Waals surface area contributed by atoms with Crippen LogP contribution in [-0.4, -0.2) is 24.3 Å². The predicted octanol–water partition coefficient (Wildman–Crippen LogP) is 2.00. The van der Waals surface area contributed by atoms with Crippen molar-refractivity contribution in [2.45, 2.75) is 50.9 Å². The summed E-state index contributed by atoms with van der Waals surface area (Å²) >= 11 is 0. The first-order valence-corrected chi connectivity index (χ1v) is 5.39. The predicted molar refractivity (Wildman–Crippen MR) is 51.5 cm³/mol. The maximum Gasteiger partial charge on any atom is 0.404 e. The summed E-state index contributed by atoms with van der Waals surface area (Å²) in [5, 5.41) is 0. The molecule has 0 aromatic carbocycles. The number of carbonyl (C=O) groups excluding carboxylic acids is 1. The van der Waals surface area contributed by atoms with Crippen molar-refractivity contribution < 1.29 is 22.7 Å². The first-order valence-electron chi connectivity index (χ1n) is 5.39. The molecule has 0 bridgehead atoms. The Morgan fingerprint density at radius 1 is 1.50 bits per heavy atom. The van der Waals surface area contributed by atoms with Crippen LogP contribution in [-0.2, 0) is 9.53 Å². The topological polar surface area (TPSA) is 52.3 Å². The van der Waals surface area contributed by atoms with Crippen molar-refractivity contribution in [1.29, 1.82) is 0 Å². The molecule has 2 atom stereocenters. The van der Waals surface area contributed by atoms with Gasteiger partial charge in [0.1, 0.15) is 12.1 Å². The minimum atomic E-state index is -4.55. The van der Waals surface area contributed by atoms with Crippen LogP contribution in [0, 0.1) is 5.92 Å². The number of nitrogens with two attached hydrogens (primary N) is 1. The van der Waals surface area contributed by atoms with Gasteiger partial charge in [-0.05, 0) is 19.3 Å². The lowest BCUT2D eigenvalue weighted by atomic mass is 9.95. The van der Waals surface area contributed by atoms with Gasteiger partial charge in [0.25, 0.3) is 0 Å². The van der Waals surface area contributed by atoms with Gasteiger partial charge in [-0.25, -0.2) is 0 Å². The highest BCUT2D eigenvalue weighted by atomic mass is 19.4. The molecule has 0 saturated heterocycles. The zero-order valence-corrected chi connectivity index (χ0v) is 9.09. The highest BCUT2D eigenvalue weighted by Crippen LogP contribution is 2.30. The lowest BCUT2D eigenvalue weighted by molar-refractivity contribution is -0.177. The Morgan fingerprint density at radius 2 is 2.06 bits per heavy atom. The molecule has 0 radical (unpaired) electrons. The van der Waals surface area contributed by atoms with E-state index in [4.69, 9.17) is 10.5 Å². The van der Waals surface area contributed by atoms with Crippen LogP contribution < -0.4 is 5.73 Å². The van der Waals surface area contributed by atoms with Crippen molar-refractivity contribution in [3.63, 3.8) is 0 Å². The summed E-state index contributed by atoms with van der Waals surface area (Å²) in [4.78, 5) is 11.5. The van der Waals surface area contributed by atoms with E-state index in [9.17, 15) is 18.0 Å². The summed E-state index contributed by atoms with van der Waals surface area (Å²) < 4.78 is 42.1. The number of halogens is 3. The summed E-state index contributed by atoms with van der Waals surface area (Å²) in [6.07, 6.45) is -2.69. The Hall–Kier alpha value is -0.780. The molecule has 1 aliphatic rings. The van der Waals surface area contributed by atoms with Gasteiger partial charge in [0.15, 0.2) is 0 Å². The lowest BCUT2D eigenvalue weighted by Gasteiger charge is -2.24. The third kappa shape index (κ3) is 3.66. The molecule has 0 heterocycles. The van der Waals surface area contributed by atoms with Crippen LogP contribution in [0.15, 0.2) is 0 Å². The Kier molecular flexibility index (Phi) is 4.18. The summed E-state index contributed by atoms with van der Waals surface area (Å²) in [5.74, 6) is -2.08. The van der Waals surface area contributed by atoms with Crippen LogP contribution in [0.1, 0.15) is 32.6 Å². The maximum atomic E-state index is 12.4. The molecule has 94 valence electrons. The molecule has 16 heavy (non-hydrogen) atoms. The Labute approximate surface area is 92.1 Å². The van der Waals surface area contributed by atoms with Gasteiger partial charge in [0.05, 0.1) is 5.92 Å². The van der Waals surface area contributed by atoms with Crippen molar-refractivity contribution in [3.05, 3.63) is 0 Å². The van der Waals surface area contributed by atoms with Crippen molar-refractivity contribution in [2.75, 3.05) is 0 Å². The summed E-state index contributed by atoms with van der Waals surface area (Å²) in [6.45, 7) is 1.71. The molecule has 1 saturated carbocycles. The van der Waals surface area contributed by atoms with Gasteiger partial charge in [-0.3, -0.25) is 4.79 Å². The monoisotopic (exact) mass is 239 g/mol. The van der Waals surface area contributed by atoms with Gasteiger partial charge in [0.2, 0.25) is 0 Å². The minimum Gasteiger partial charge on any atom is -0.462 e. The molecule has 0 spiro atoms. The molecule has 1 fully saturated rings. The van der Waals surface area contributed by atoms with Crippen molar-refractivity contribution in [3.8, 4) is 0 Å². The second-order valence-corrected chi connectivity index (χ2v) is 4.10. The quantitative estimate of drug-likeness (QED) is 0.746. The first-order chi connectivity index (χ1) is 7.36. The fourth-order valence-corrected chi connectivity index (χ4v) is 1.42. The standard InChI is InChI=1S/C10H16F3NO2/c1-2-3-7(8(14)10(11,12)13)9(15)16-6-4-5-6/h6-8H,2-5,14H2,1H3/t7-,8-/m1/s1. The molecule has 1 rings (SSSR count). The average molecular weight is 239 g/mol. The number of hydrogen-bond donors (Lipinski definition) is 1.